The Kier molecular flexibility index (Phi) is 5.34. The van der Waals surface area contributed by atoms with Crippen LogP contribution in [0.15, 0.2) is 72.9 Å². The molecule has 5 rings (SSSR count). The number of pyridine rings is 1. The molecule has 3 aromatic rings. The molecule has 2 saturated heterocycles. The summed E-state index contributed by atoms with van der Waals surface area (Å²) in [6.07, 6.45) is 6.64. The fourth-order valence-electron chi connectivity index (χ4n) is 5.38. The normalized spacial score (nSPS) is 24.2. The number of rotatable bonds is 4. The summed E-state index contributed by atoms with van der Waals surface area (Å²) in [4.78, 5) is 7.35. The minimum Gasteiger partial charge on any atom is -0.286 e. The fourth-order valence-corrected chi connectivity index (χ4v) is 5.85. The van der Waals surface area contributed by atoms with Crippen LogP contribution in [0.3, 0.4) is 0 Å². The number of hydrogen-bond acceptors (Lipinski definition) is 2. The molecule has 0 saturated carbocycles. The summed E-state index contributed by atoms with van der Waals surface area (Å²) >= 11 is 13.4. The monoisotopic (exact) mass is 422 g/mol. The summed E-state index contributed by atoms with van der Waals surface area (Å²) in [6, 6.07) is 23.8. The van der Waals surface area contributed by atoms with Crippen LogP contribution in [-0.4, -0.2) is 22.0 Å². The van der Waals surface area contributed by atoms with Gasteiger partial charge in [0.2, 0.25) is 0 Å². The van der Waals surface area contributed by atoms with Gasteiger partial charge in [0.05, 0.1) is 6.04 Å². The first-order valence-corrected chi connectivity index (χ1v) is 11.1. The van der Waals surface area contributed by atoms with E-state index < -0.39 is 0 Å². The largest absolute Gasteiger partial charge is 0.286 e. The van der Waals surface area contributed by atoms with Gasteiger partial charge < -0.3 is 0 Å². The number of aromatic nitrogens is 1. The maximum absolute atomic E-state index is 6.70. The lowest BCUT2D eigenvalue weighted by atomic mass is 9.84. The zero-order valence-corrected chi connectivity index (χ0v) is 17.7. The quantitative estimate of drug-likeness (QED) is 0.454. The number of halogens is 2. The molecule has 2 atom stereocenters. The van der Waals surface area contributed by atoms with E-state index >= 15 is 0 Å². The van der Waals surface area contributed by atoms with E-state index in [4.69, 9.17) is 23.2 Å². The SMILES string of the molecule is Clc1ccccc1C(c1ccccc1Cl)N1C2CCC1CC(c1ccccn1)C2. The molecule has 3 heterocycles. The van der Waals surface area contributed by atoms with Crippen molar-refractivity contribution in [2.24, 2.45) is 0 Å². The van der Waals surface area contributed by atoms with Crippen LogP contribution in [0, 0.1) is 0 Å². The minimum absolute atomic E-state index is 0.0829. The highest BCUT2D eigenvalue weighted by atomic mass is 35.5. The molecular weight excluding hydrogens is 399 g/mol. The van der Waals surface area contributed by atoms with Crippen molar-refractivity contribution in [3.05, 3.63) is 99.8 Å². The lowest BCUT2D eigenvalue weighted by Crippen LogP contribution is -2.45. The van der Waals surface area contributed by atoms with Gasteiger partial charge in [0.15, 0.2) is 0 Å². The van der Waals surface area contributed by atoms with Crippen LogP contribution in [0.5, 0.6) is 0 Å². The third kappa shape index (κ3) is 3.59. The van der Waals surface area contributed by atoms with Crippen LogP contribution in [0.1, 0.15) is 54.5 Å². The van der Waals surface area contributed by atoms with Crippen molar-refractivity contribution in [3.63, 3.8) is 0 Å². The highest BCUT2D eigenvalue weighted by molar-refractivity contribution is 6.32. The average Bonchev–Trinajstić information content (AvgIpc) is 3.00. The van der Waals surface area contributed by atoms with Gasteiger partial charge in [-0.15, -0.1) is 0 Å². The van der Waals surface area contributed by atoms with Gasteiger partial charge in [-0.05, 0) is 61.1 Å². The van der Waals surface area contributed by atoms with Crippen LogP contribution in [0.25, 0.3) is 0 Å². The van der Waals surface area contributed by atoms with E-state index in [0.29, 0.717) is 18.0 Å². The molecule has 0 amide bonds. The van der Waals surface area contributed by atoms with Crippen LogP contribution < -0.4 is 0 Å². The van der Waals surface area contributed by atoms with Gasteiger partial charge >= 0.3 is 0 Å². The Labute approximate surface area is 182 Å². The van der Waals surface area contributed by atoms with Crippen LogP contribution in [0.4, 0.5) is 0 Å². The predicted molar refractivity (Wildman–Crippen MR) is 120 cm³/mol. The van der Waals surface area contributed by atoms with Crippen molar-refractivity contribution in [1.29, 1.82) is 0 Å². The topological polar surface area (TPSA) is 16.1 Å². The average molecular weight is 423 g/mol. The van der Waals surface area contributed by atoms with E-state index in [2.05, 4.69) is 46.3 Å². The number of benzene rings is 2. The lowest BCUT2D eigenvalue weighted by molar-refractivity contribution is 0.0926. The van der Waals surface area contributed by atoms with Gasteiger partial charge in [-0.2, -0.15) is 0 Å². The maximum atomic E-state index is 6.70. The van der Waals surface area contributed by atoms with Crippen molar-refractivity contribution in [2.45, 2.75) is 49.7 Å². The standard InChI is InChI=1S/C25H24Cl2N2/c26-22-9-3-1-7-20(22)25(21-8-2-4-10-23(21)27)29-18-12-13-19(29)16-17(15-18)24-11-5-6-14-28-24/h1-11,14,17-19,25H,12-13,15-16H2. The molecule has 2 bridgehead atoms. The van der Waals surface area contributed by atoms with E-state index in [1.165, 1.54) is 18.5 Å². The van der Waals surface area contributed by atoms with Crippen LogP contribution >= 0.6 is 23.2 Å². The molecule has 0 spiro atoms. The molecule has 148 valence electrons. The fraction of sp³-hybridized carbons (Fsp3) is 0.320. The molecule has 1 aromatic heterocycles. The van der Waals surface area contributed by atoms with Crippen molar-refractivity contribution >= 4 is 23.2 Å². The molecule has 4 heteroatoms. The van der Waals surface area contributed by atoms with Crippen molar-refractivity contribution < 1.29 is 0 Å². The summed E-state index contributed by atoms with van der Waals surface area (Å²) in [5, 5.41) is 1.62. The van der Waals surface area contributed by atoms with Gasteiger partial charge in [0.1, 0.15) is 0 Å². The lowest BCUT2D eigenvalue weighted by Gasteiger charge is -2.44. The molecule has 2 aliphatic heterocycles. The molecule has 2 unspecified atom stereocenters. The van der Waals surface area contributed by atoms with Crippen molar-refractivity contribution in [2.75, 3.05) is 0 Å². The van der Waals surface area contributed by atoms with Crippen molar-refractivity contribution in [3.8, 4) is 0 Å². The third-order valence-electron chi connectivity index (χ3n) is 6.59. The summed E-state index contributed by atoms with van der Waals surface area (Å²) in [7, 11) is 0. The predicted octanol–water partition coefficient (Wildman–Crippen LogP) is 6.89. The number of nitrogens with zero attached hydrogens (tertiary/aromatic N) is 2. The van der Waals surface area contributed by atoms with E-state index in [0.717, 1.165) is 34.0 Å². The highest BCUT2D eigenvalue weighted by Crippen LogP contribution is 2.49. The second kappa shape index (κ2) is 8.10. The van der Waals surface area contributed by atoms with E-state index in [1.807, 2.05) is 36.5 Å². The molecule has 0 N–H and O–H groups in total. The number of piperidine rings is 1. The Hall–Kier alpha value is -1.87. The molecule has 0 radical (unpaired) electrons. The van der Waals surface area contributed by atoms with Gasteiger partial charge in [0, 0.05) is 39.9 Å². The zero-order valence-electron chi connectivity index (χ0n) is 16.2. The van der Waals surface area contributed by atoms with E-state index in [9.17, 15) is 0 Å². The Morgan fingerprint density at radius 1 is 0.759 bits per heavy atom. The number of fused-ring (bicyclic) bond motifs is 2. The second-order valence-electron chi connectivity index (χ2n) is 8.20. The number of hydrogen-bond donors (Lipinski definition) is 0. The first-order chi connectivity index (χ1) is 14.2. The molecular formula is C25H24Cl2N2. The Bertz CT molecular complexity index is 931. The maximum Gasteiger partial charge on any atom is 0.0636 e. The van der Waals surface area contributed by atoms with Gasteiger partial charge in [-0.3, -0.25) is 9.88 Å². The summed E-state index contributed by atoms with van der Waals surface area (Å²) in [5.74, 6) is 0.531. The first kappa shape index (κ1) is 19.1. The summed E-state index contributed by atoms with van der Waals surface area (Å²) in [5.41, 5.74) is 3.53. The molecule has 2 aromatic carbocycles. The molecule has 2 fully saturated rings. The molecule has 29 heavy (non-hydrogen) atoms. The van der Waals surface area contributed by atoms with Gasteiger partial charge in [-0.25, -0.2) is 0 Å². The third-order valence-corrected chi connectivity index (χ3v) is 7.28. The first-order valence-electron chi connectivity index (χ1n) is 10.4. The molecule has 0 aliphatic carbocycles. The van der Waals surface area contributed by atoms with E-state index in [1.54, 1.807) is 0 Å². The van der Waals surface area contributed by atoms with Crippen LogP contribution in [-0.2, 0) is 0 Å². The van der Waals surface area contributed by atoms with Gasteiger partial charge in [-0.1, -0.05) is 65.7 Å². The van der Waals surface area contributed by atoms with E-state index in [-0.39, 0.29) is 6.04 Å². The summed E-state index contributed by atoms with van der Waals surface area (Å²) in [6.45, 7) is 0. The smallest absolute Gasteiger partial charge is 0.0636 e. The molecule has 2 nitrogen and oxygen atoms in total. The van der Waals surface area contributed by atoms with Crippen LogP contribution in [0.2, 0.25) is 10.0 Å². The van der Waals surface area contributed by atoms with Crippen molar-refractivity contribution in [1.82, 2.24) is 9.88 Å². The van der Waals surface area contributed by atoms with Gasteiger partial charge in [0.25, 0.3) is 0 Å². The Morgan fingerprint density at radius 2 is 1.31 bits per heavy atom. The summed E-state index contributed by atoms with van der Waals surface area (Å²) < 4.78 is 0. The molecule has 2 aliphatic rings. The minimum atomic E-state index is 0.0829. The second-order valence-corrected chi connectivity index (χ2v) is 9.02. The zero-order chi connectivity index (χ0) is 19.8. The highest BCUT2D eigenvalue weighted by Gasteiger charge is 2.45. The Balaban J connectivity index is 1.54. The Morgan fingerprint density at radius 3 is 1.83 bits per heavy atom.